The van der Waals surface area contributed by atoms with Crippen LogP contribution < -0.4 is 10.2 Å². The molecule has 1 N–H and O–H groups in total. The third-order valence-corrected chi connectivity index (χ3v) is 4.90. The number of anilines is 2. The fraction of sp³-hybridized carbons (Fsp3) is 0.316. The Balaban J connectivity index is 1.51. The molecule has 7 heteroatoms. The summed E-state index contributed by atoms with van der Waals surface area (Å²) >= 11 is 0. The topological polar surface area (TPSA) is 62.5 Å². The first-order chi connectivity index (χ1) is 12.6. The van der Waals surface area contributed by atoms with Crippen molar-refractivity contribution in [3.8, 4) is 0 Å². The van der Waals surface area contributed by atoms with Crippen LogP contribution in [-0.2, 0) is 4.79 Å². The Bertz CT molecular complexity index is 954. The number of nitrogens with one attached hydrogen (secondary N) is 1. The second-order valence-electron chi connectivity index (χ2n) is 6.62. The van der Waals surface area contributed by atoms with Gasteiger partial charge in [0, 0.05) is 30.5 Å². The minimum Gasteiger partial charge on any atom is -0.340 e. The first-order valence-corrected chi connectivity index (χ1v) is 8.74. The molecule has 6 nitrogen and oxygen atoms in total. The van der Waals surface area contributed by atoms with Gasteiger partial charge in [-0.1, -0.05) is 12.1 Å². The molecule has 1 unspecified atom stereocenters. The summed E-state index contributed by atoms with van der Waals surface area (Å²) in [5.74, 6) is 0.169. The lowest BCUT2D eigenvalue weighted by atomic mass is 9.97. The lowest BCUT2D eigenvalue weighted by Gasteiger charge is -2.32. The van der Waals surface area contributed by atoms with Gasteiger partial charge in [-0.05, 0) is 44.0 Å². The summed E-state index contributed by atoms with van der Waals surface area (Å²) in [6, 6.07) is 10.5. The van der Waals surface area contributed by atoms with Crippen LogP contribution in [0.5, 0.6) is 0 Å². The average Bonchev–Trinajstić information content (AvgIpc) is 3.10. The van der Waals surface area contributed by atoms with Crippen LogP contribution in [0.2, 0.25) is 0 Å². The van der Waals surface area contributed by atoms with Gasteiger partial charge in [0.1, 0.15) is 5.82 Å². The summed E-state index contributed by atoms with van der Waals surface area (Å²) in [5, 5.41) is 11.3. The molecule has 1 aliphatic rings. The van der Waals surface area contributed by atoms with Gasteiger partial charge in [0.15, 0.2) is 5.65 Å². The van der Waals surface area contributed by atoms with E-state index in [0.717, 1.165) is 31.0 Å². The van der Waals surface area contributed by atoms with E-state index in [2.05, 4.69) is 20.4 Å². The van der Waals surface area contributed by atoms with Gasteiger partial charge in [0.25, 0.3) is 0 Å². The van der Waals surface area contributed by atoms with Gasteiger partial charge in [-0.3, -0.25) is 9.20 Å². The molecule has 3 heterocycles. The highest BCUT2D eigenvalue weighted by Gasteiger charge is 2.28. The van der Waals surface area contributed by atoms with Crippen molar-refractivity contribution in [2.24, 2.45) is 5.92 Å². The maximum absolute atomic E-state index is 13.7. The van der Waals surface area contributed by atoms with Crippen molar-refractivity contribution in [1.82, 2.24) is 14.6 Å². The molecule has 1 aromatic carbocycles. The van der Waals surface area contributed by atoms with Gasteiger partial charge in [-0.15, -0.1) is 10.2 Å². The van der Waals surface area contributed by atoms with Crippen molar-refractivity contribution < 1.29 is 9.18 Å². The second-order valence-corrected chi connectivity index (χ2v) is 6.62. The Kier molecular flexibility index (Phi) is 4.28. The molecule has 0 saturated carbocycles. The molecule has 0 bridgehead atoms. The number of halogens is 1. The zero-order valence-corrected chi connectivity index (χ0v) is 14.5. The number of nitrogens with zero attached hydrogens (tertiary/aromatic N) is 4. The van der Waals surface area contributed by atoms with Gasteiger partial charge < -0.3 is 10.2 Å². The van der Waals surface area contributed by atoms with Crippen LogP contribution in [0, 0.1) is 18.7 Å². The van der Waals surface area contributed by atoms with Crippen LogP contribution in [0.4, 0.5) is 16.0 Å². The standard InChI is InChI=1S/C19H20FN5O/c1-13-15(20)7-4-8-16(13)21-18(26)14-6-5-10-24(12-14)19-23-22-17-9-2-3-11-25(17)19/h2-4,7-9,11,14H,5-6,10,12H2,1H3,(H,21,26). The zero-order chi connectivity index (χ0) is 18.1. The normalized spacial score (nSPS) is 17.5. The van der Waals surface area contributed by atoms with Crippen molar-refractivity contribution in [3.63, 3.8) is 0 Å². The molecule has 1 saturated heterocycles. The molecule has 0 radical (unpaired) electrons. The maximum atomic E-state index is 13.7. The van der Waals surface area contributed by atoms with Gasteiger partial charge in [-0.25, -0.2) is 4.39 Å². The predicted molar refractivity (Wildman–Crippen MR) is 97.7 cm³/mol. The Hall–Kier alpha value is -2.96. The Morgan fingerprint density at radius 2 is 2.12 bits per heavy atom. The van der Waals surface area contributed by atoms with E-state index in [1.165, 1.54) is 6.07 Å². The molecular weight excluding hydrogens is 333 g/mol. The van der Waals surface area contributed by atoms with E-state index in [1.807, 2.05) is 28.8 Å². The maximum Gasteiger partial charge on any atom is 0.231 e. The highest BCUT2D eigenvalue weighted by atomic mass is 19.1. The minimum absolute atomic E-state index is 0.0859. The smallest absolute Gasteiger partial charge is 0.231 e. The van der Waals surface area contributed by atoms with Gasteiger partial charge in [-0.2, -0.15) is 0 Å². The summed E-state index contributed by atoms with van der Waals surface area (Å²) in [6.45, 7) is 3.06. The molecule has 2 aromatic heterocycles. The van der Waals surface area contributed by atoms with E-state index in [1.54, 1.807) is 19.1 Å². The highest BCUT2D eigenvalue weighted by molar-refractivity contribution is 5.93. The van der Waals surface area contributed by atoms with E-state index in [0.29, 0.717) is 17.8 Å². The number of hydrogen-bond donors (Lipinski definition) is 1. The second kappa shape index (κ2) is 6.74. The molecule has 1 atom stereocenters. The number of carbonyl (C=O) groups excluding carboxylic acids is 1. The molecule has 0 spiro atoms. The Morgan fingerprint density at radius 1 is 1.23 bits per heavy atom. The van der Waals surface area contributed by atoms with Gasteiger partial charge >= 0.3 is 0 Å². The quantitative estimate of drug-likeness (QED) is 0.786. The van der Waals surface area contributed by atoms with E-state index >= 15 is 0 Å². The number of hydrogen-bond acceptors (Lipinski definition) is 4. The SMILES string of the molecule is Cc1c(F)cccc1NC(=O)C1CCCN(c2nnc3ccccn23)C1. The summed E-state index contributed by atoms with van der Waals surface area (Å²) in [4.78, 5) is 14.8. The zero-order valence-electron chi connectivity index (χ0n) is 14.5. The molecule has 134 valence electrons. The molecule has 1 fully saturated rings. The van der Waals surface area contributed by atoms with E-state index < -0.39 is 0 Å². The monoisotopic (exact) mass is 353 g/mol. The van der Waals surface area contributed by atoms with Crippen molar-refractivity contribution in [2.45, 2.75) is 19.8 Å². The number of rotatable bonds is 3. The number of piperidine rings is 1. The lowest BCUT2D eigenvalue weighted by Crippen LogP contribution is -2.41. The first-order valence-electron chi connectivity index (χ1n) is 8.74. The Labute approximate surface area is 150 Å². The summed E-state index contributed by atoms with van der Waals surface area (Å²) in [7, 11) is 0. The fourth-order valence-corrected chi connectivity index (χ4v) is 3.39. The fourth-order valence-electron chi connectivity index (χ4n) is 3.39. The van der Waals surface area contributed by atoms with Gasteiger partial charge in [0.05, 0.1) is 5.92 Å². The van der Waals surface area contributed by atoms with Crippen molar-refractivity contribution in [2.75, 3.05) is 23.3 Å². The van der Waals surface area contributed by atoms with E-state index in [-0.39, 0.29) is 17.6 Å². The van der Waals surface area contributed by atoms with Crippen LogP contribution >= 0.6 is 0 Å². The number of amides is 1. The summed E-state index contributed by atoms with van der Waals surface area (Å²) in [6.07, 6.45) is 3.61. The third-order valence-electron chi connectivity index (χ3n) is 4.90. The molecule has 3 aromatic rings. The van der Waals surface area contributed by atoms with E-state index in [9.17, 15) is 9.18 Å². The number of aromatic nitrogens is 3. The van der Waals surface area contributed by atoms with Crippen LogP contribution in [-0.4, -0.2) is 33.6 Å². The van der Waals surface area contributed by atoms with Crippen LogP contribution in [0.25, 0.3) is 5.65 Å². The number of fused-ring (bicyclic) bond motifs is 1. The molecule has 26 heavy (non-hydrogen) atoms. The number of benzene rings is 1. The predicted octanol–water partition coefficient (Wildman–Crippen LogP) is 3.03. The molecule has 4 rings (SSSR count). The number of pyridine rings is 1. The summed E-state index contributed by atoms with van der Waals surface area (Å²) in [5.41, 5.74) is 1.77. The average molecular weight is 353 g/mol. The van der Waals surface area contributed by atoms with Crippen molar-refractivity contribution in [1.29, 1.82) is 0 Å². The van der Waals surface area contributed by atoms with Gasteiger partial charge in [0.2, 0.25) is 11.9 Å². The lowest BCUT2D eigenvalue weighted by molar-refractivity contribution is -0.120. The third kappa shape index (κ3) is 3.00. The largest absolute Gasteiger partial charge is 0.340 e. The van der Waals surface area contributed by atoms with Crippen molar-refractivity contribution in [3.05, 3.63) is 54.0 Å². The molecule has 1 aliphatic heterocycles. The highest BCUT2D eigenvalue weighted by Crippen LogP contribution is 2.24. The minimum atomic E-state index is -0.317. The first kappa shape index (κ1) is 16.5. The molecule has 1 amide bonds. The van der Waals surface area contributed by atoms with Crippen LogP contribution in [0.15, 0.2) is 42.6 Å². The van der Waals surface area contributed by atoms with Crippen LogP contribution in [0.1, 0.15) is 18.4 Å². The van der Waals surface area contributed by atoms with E-state index in [4.69, 9.17) is 0 Å². The molecular formula is C19H20FN5O. The molecule has 0 aliphatic carbocycles. The van der Waals surface area contributed by atoms with Crippen LogP contribution in [0.3, 0.4) is 0 Å². The number of carbonyl (C=O) groups is 1. The summed E-state index contributed by atoms with van der Waals surface area (Å²) < 4.78 is 15.6. The van der Waals surface area contributed by atoms with Crippen molar-refractivity contribution >= 4 is 23.2 Å². The Morgan fingerprint density at radius 3 is 3.00 bits per heavy atom.